The summed E-state index contributed by atoms with van der Waals surface area (Å²) in [6.07, 6.45) is -9.13. The maximum Gasteiger partial charge on any atom is 0.417 e. The van der Waals surface area contributed by atoms with Crippen molar-refractivity contribution in [3.63, 3.8) is 0 Å². The predicted molar refractivity (Wildman–Crippen MR) is 77.4 cm³/mol. The van der Waals surface area contributed by atoms with Gasteiger partial charge in [-0.25, -0.2) is 0 Å². The first-order valence-electron chi connectivity index (χ1n) is 6.97. The Morgan fingerprint density at radius 2 is 1.48 bits per heavy atom. The van der Waals surface area contributed by atoms with Crippen LogP contribution in [0.5, 0.6) is 0 Å². The van der Waals surface area contributed by atoms with Crippen molar-refractivity contribution in [2.45, 2.75) is 12.4 Å². The van der Waals surface area contributed by atoms with Crippen LogP contribution in [0.4, 0.5) is 26.3 Å². The van der Waals surface area contributed by atoms with E-state index in [1.54, 1.807) is 0 Å². The second-order valence-corrected chi connectivity index (χ2v) is 5.20. The molecule has 0 atom stereocenters. The van der Waals surface area contributed by atoms with Crippen molar-refractivity contribution < 1.29 is 30.9 Å². The maximum absolute atomic E-state index is 13.1. The molecule has 1 aromatic heterocycles. The summed E-state index contributed by atoms with van der Waals surface area (Å²) < 4.78 is 82.4. The highest BCUT2D eigenvalue weighted by Crippen LogP contribution is 2.38. The van der Waals surface area contributed by atoms with Gasteiger partial charge in [-0.15, -0.1) is 0 Å². The van der Waals surface area contributed by atoms with Gasteiger partial charge in [0.15, 0.2) is 5.76 Å². The molecule has 0 saturated heterocycles. The second kappa shape index (κ2) is 5.94. The Morgan fingerprint density at radius 1 is 0.760 bits per heavy atom. The van der Waals surface area contributed by atoms with E-state index in [0.29, 0.717) is 0 Å². The zero-order valence-electron chi connectivity index (χ0n) is 12.3. The van der Waals surface area contributed by atoms with Crippen LogP contribution in [-0.2, 0) is 12.4 Å². The zero-order valence-corrected chi connectivity index (χ0v) is 12.3. The number of nitrogens with zero attached hydrogens (tertiary/aromatic N) is 1. The SMILES string of the molecule is FC(F)(F)c1cccc(-c2cc(-c3ccccc3C(F)(F)F)on2)c1. The molecule has 0 aliphatic heterocycles. The molecule has 25 heavy (non-hydrogen) atoms. The summed E-state index contributed by atoms with van der Waals surface area (Å²) in [6.45, 7) is 0. The molecule has 0 bridgehead atoms. The molecule has 1 heterocycles. The van der Waals surface area contributed by atoms with E-state index in [1.807, 2.05) is 0 Å². The van der Waals surface area contributed by atoms with Gasteiger partial charge in [0, 0.05) is 17.2 Å². The average Bonchev–Trinajstić information content (AvgIpc) is 3.03. The third-order valence-corrected chi connectivity index (χ3v) is 3.49. The van der Waals surface area contributed by atoms with E-state index in [9.17, 15) is 26.3 Å². The van der Waals surface area contributed by atoms with Crippen LogP contribution in [0.2, 0.25) is 0 Å². The number of alkyl halides is 6. The summed E-state index contributed by atoms with van der Waals surface area (Å²) in [5.41, 5.74) is -1.93. The molecule has 0 aliphatic carbocycles. The van der Waals surface area contributed by atoms with Crippen LogP contribution in [0, 0.1) is 0 Å². The van der Waals surface area contributed by atoms with Gasteiger partial charge in [0.05, 0.1) is 11.1 Å². The summed E-state index contributed by atoms with van der Waals surface area (Å²) in [4.78, 5) is 0. The maximum atomic E-state index is 13.1. The molecule has 0 N–H and O–H groups in total. The predicted octanol–water partition coefficient (Wildman–Crippen LogP) is 6.05. The highest BCUT2D eigenvalue weighted by Gasteiger charge is 2.34. The first-order valence-corrected chi connectivity index (χ1v) is 6.97. The summed E-state index contributed by atoms with van der Waals surface area (Å²) in [7, 11) is 0. The summed E-state index contributed by atoms with van der Waals surface area (Å²) in [5.74, 6) is -0.180. The summed E-state index contributed by atoms with van der Waals surface area (Å²) in [5, 5.41) is 3.60. The van der Waals surface area contributed by atoms with Crippen LogP contribution >= 0.6 is 0 Å². The molecule has 0 unspecified atom stereocenters. The Labute approximate surface area is 137 Å². The summed E-state index contributed by atoms with van der Waals surface area (Å²) >= 11 is 0. The Hall–Kier alpha value is -2.77. The van der Waals surface area contributed by atoms with E-state index in [1.165, 1.54) is 36.4 Å². The fourth-order valence-electron chi connectivity index (χ4n) is 2.34. The molecule has 2 nitrogen and oxygen atoms in total. The monoisotopic (exact) mass is 357 g/mol. The van der Waals surface area contributed by atoms with E-state index < -0.39 is 23.5 Å². The molecule has 3 aromatic rings. The molecule has 0 spiro atoms. The third-order valence-electron chi connectivity index (χ3n) is 3.49. The van der Waals surface area contributed by atoms with Crippen LogP contribution in [0.1, 0.15) is 11.1 Å². The first kappa shape index (κ1) is 17.1. The van der Waals surface area contributed by atoms with E-state index in [4.69, 9.17) is 4.52 Å². The highest BCUT2D eigenvalue weighted by atomic mass is 19.4. The second-order valence-electron chi connectivity index (χ2n) is 5.20. The molecule has 0 amide bonds. The van der Waals surface area contributed by atoms with E-state index in [2.05, 4.69) is 5.16 Å². The zero-order chi connectivity index (χ0) is 18.2. The molecule has 0 saturated carbocycles. The van der Waals surface area contributed by atoms with Crippen molar-refractivity contribution >= 4 is 0 Å². The Morgan fingerprint density at radius 3 is 2.16 bits per heavy atom. The van der Waals surface area contributed by atoms with Crippen molar-refractivity contribution in [2.75, 3.05) is 0 Å². The first-order chi connectivity index (χ1) is 11.7. The lowest BCUT2D eigenvalue weighted by molar-refractivity contribution is -0.138. The van der Waals surface area contributed by atoms with Gasteiger partial charge < -0.3 is 4.52 Å². The van der Waals surface area contributed by atoms with Gasteiger partial charge in [0.2, 0.25) is 0 Å². The lowest BCUT2D eigenvalue weighted by Gasteiger charge is -2.09. The van der Waals surface area contributed by atoms with Crippen LogP contribution < -0.4 is 0 Å². The van der Waals surface area contributed by atoms with Gasteiger partial charge in [0.1, 0.15) is 5.69 Å². The minimum Gasteiger partial charge on any atom is -0.356 e. The lowest BCUT2D eigenvalue weighted by atomic mass is 10.0. The van der Waals surface area contributed by atoms with Crippen LogP contribution in [0.3, 0.4) is 0 Å². The molecule has 2 aromatic carbocycles. The third kappa shape index (κ3) is 3.52. The number of halogens is 6. The Kier molecular flexibility index (Phi) is 4.06. The molecule has 130 valence electrons. The van der Waals surface area contributed by atoms with Crippen molar-refractivity contribution in [2.24, 2.45) is 0 Å². The van der Waals surface area contributed by atoms with E-state index >= 15 is 0 Å². The highest BCUT2D eigenvalue weighted by molar-refractivity contribution is 5.69. The fraction of sp³-hybridized carbons (Fsp3) is 0.118. The summed E-state index contributed by atoms with van der Waals surface area (Å²) in [6, 6.07) is 10.2. The average molecular weight is 357 g/mol. The molecule has 3 rings (SSSR count). The van der Waals surface area contributed by atoms with Gasteiger partial charge >= 0.3 is 12.4 Å². The molecule has 0 radical (unpaired) electrons. The minimum absolute atomic E-state index is 0.0121. The van der Waals surface area contributed by atoms with Crippen molar-refractivity contribution in [1.82, 2.24) is 5.16 Å². The Balaban J connectivity index is 2.03. The number of rotatable bonds is 2. The van der Waals surface area contributed by atoms with Crippen molar-refractivity contribution in [3.8, 4) is 22.6 Å². The normalized spacial score (nSPS) is 12.4. The van der Waals surface area contributed by atoms with Crippen LogP contribution in [0.15, 0.2) is 59.1 Å². The molecule has 8 heteroatoms. The quantitative estimate of drug-likeness (QED) is 0.522. The molecule has 0 fully saturated rings. The van der Waals surface area contributed by atoms with Crippen LogP contribution in [0.25, 0.3) is 22.6 Å². The van der Waals surface area contributed by atoms with E-state index in [-0.39, 0.29) is 22.6 Å². The lowest BCUT2D eigenvalue weighted by Crippen LogP contribution is -2.06. The smallest absolute Gasteiger partial charge is 0.356 e. The van der Waals surface area contributed by atoms with Crippen molar-refractivity contribution in [3.05, 3.63) is 65.7 Å². The van der Waals surface area contributed by atoms with Gasteiger partial charge in [-0.1, -0.05) is 35.5 Å². The van der Waals surface area contributed by atoms with Crippen LogP contribution in [-0.4, -0.2) is 5.16 Å². The van der Waals surface area contributed by atoms with E-state index in [0.717, 1.165) is 18.2 Å². The largest absolute Gasteiger partial charge is 0.417 e. The minimum atomic E-state index is -4.60. The van der Waals surface area contributed by atoms with Gasteiger partial charge in [-0.05, 0) is 18.2 Å². The molecular weight excluding hydrogens is 348 g/mol. The van der Waals surface area contributed by atoms with Crippen molar-refractivity contribution in [1.29, 1.82) is 0 Å². The number of aromatic nitrogens is 1. The number of hydrogen-bond acceptors (Lipinski definition) is 2. The van der Waals surface area contributed by atoms with Gasteiger partial charge in [-0.2, -0.15) is 26.3 Å². The standard InChI is InChI=1S/C17H9F6NO/c18-16(19,20)11-5-3-4-10(8-11)14-9-15(25-24-14)12-6-1-2-7-13(12)17(21,22)23/h1-9H. The molecule has 0 aliphatic rings. The van der Waals surface area contributed by atoms with Gasteiger partial charge in [-0.3, -0.25) is 0 Å². The topological polar surface area (TPSA) is 26.0 Å². The number of benzene rings is 2. The van der Waals surface area contributed by atoms with Gasteiger partial charge in [0.25, 0.3) is 0 Å². The number of hydrogen-bond donors (Lipinski definition) is 0. The molecular formula is C17H9F6NO. The fourth-order valence-corrected chi connectivity index (χ4v) is 2.34. The Bertz CT molecular complexity index is 894.